The van der Waals surface area contributed by atoms with Crippen LogP contribution in [0.25, 0.3) is 0 Å². The summed E-state index contributed by atoms with van der Waals surface area (Å²) in [6.45, 7) is 10.2. The van der Waals surface area contributed by atoms with Crippen molar-refractivity contribution in [3.05, 3.63) is 35.4 Å². The maximum absolute atomic E-state index is 10.6. The van der Waals surface area contributed by atoms with E-state index in [0.717, 1.165) is 45.7 Å². The molecular formula is C18H28N2O2S. The Kier molecular flexibility index (Phi) is 6.50. The van der Waals surface area contributed by atoms with Gasteiger partial charge in [0.25, 0.3) is 0 Å². The first kappa shape index (κ1) is 18.3. The molecule has 1 aromatic carbocycles. The van der Waals surface area contributed by atoms with Crippen LogP contribution in [-0.4, -0.2) is 53.6 Å². The largest absolute Gasteiger partial charge is 0.481 e. The van der Waals surface area contributed by atoms with Crippen molar-refractivity contribution >= 4 is 18.6 Å². The van der Waals surface area contributed by atoms with Crippen LogP contribution in [0.2, 0.25) is 0 Å². The highest BCUT2D eigenvalue weighted by Gasteiger charge is 2.18. The predicted molar refractivity (Wildman–Crippen MR) is 97.0 cm³/mol. The Morgan fingerprint density at radius 3 is 2.48 bits per heavy atom. The number of carbonyl (C=O) groups is 1. The Bertz CT molecular complexity index is 520. The molecule has 0 aliphatic carbocycles. The molecule has 1 saturated heterocycles. The van der Waals surface area contributed by atoms with Crippen LogP contribution >= 0.6 is 12.6 Å². The number of rotatable bonds is 7. The molecule has 1 N–H and O–H groups in total. The third kappa shape index (κ3) is 6.16. The molecule has 4 nitrogen and oxygen atoms in total. The summed E-state index contributed by atoms with van der Waals surface area (Å²) >= 11 is 4.65. The van der Waals surface area contributed by atoms with Crippen LogP contribution < -0.4 is 0 Å². The van der Waals surface area contributed by atoms with Crippen molar-refractivity contribution in [3.63, 3.8) is 0 Å². The molecule has 0 saturated carbocycles. The predicted octanol–water partition coefficient (Wildman–Crippen LogP) is 2.83. The van der Waals surface area contributed by atoms with E-state index in [1.165, 1.54) is 11.1 Å². The minimum Gasteiger partial charge on any atom is -0.481 e. The summed E-state index contributed by atoms with van der Waals surface area (Å²) in [5, 5.41) is 8.70. The average molecular weight is 337 g/mol. The number of thiol groups is 1. The van der Waals surface area contributed by atoms with E-state index in [1.54, 1.807) is 0 Å². The Labute approximate surface area is 144 Å². The van der Waals surface area contributed by atoms with Gasteiger partial charge >= 0.3 is 5.97 Å². The molecule has 0 bridgehead atoms. The smallest absolute Gasteiger partial charge is 0.303 e. The van der Waals surface area contributed by atoms with Crippen LogP contribution in [0, 0.1) is 0 Å². The molecule has 128 valence electrons. The van der Waals surface area contributed by atoms with Gasteiger partial charge in [0, 0.05) is 43.9 Å². The summed E-state index contributed by atoms with van der Waals surface area (Å²) in [5.41, 5.74) is 2.59. The van der Waals surface area contributed by atoms with E-state index in [9.17, 15) is 4.79 Å². The molecule has 23 heavy (non-hydrogen) atoms. The van der Waals surface area contributed by atoms with E-state index in [2.05, 4.69) is 60.5 Å². The number of piperazine rings is 1. The van der Waals surface area contributed by atoms with Gasteiger partial charge < -0.3 is 10.0 Å². The van der Waals surface area contributed by atoms with Crippen LogP contribution in [0.1, 0.15) is 37.8 Å². The minimum absolute atomic E-state index is 0.112. The molecular weight excluding hydrogens is 308 g/mol. The van der Waals surface area contributed by atoms with Gasteiger partial charge in [-0.3, -0.25) is 9.69 Å². The fourth-order valence-electron chi connectivity index (χ4n) is 2.93. The summed E-state index contributed by atoms with van der Waals surface area (Å²) in [6.07, 6.45) is 1.01. The molecule has 1 aliphatic heterocycles. The number of hydrogen-bond donors (Lipinski definition) is 2. The lowest BCUT2D eigenvalue weighted by atomic mass is 9.99. The number of nitrogens with zero attached hydrogens (tertiary/aromatic N) is 2. The molecule has 1 aliphatic rings. The highest BCUT2D eigenvalue weighted by Crippen LogP contribution is 2.27. The second kappa shape index (κ2) is 8.18. The van der Waals surface area contributed by atoms with Gasteiger partial charge in [-0.15, -0.1) is 0 Å². The number of carboxylic acids is 1. The lowest BCUT2D eigenvalue weighted by molar-refractivity contribution is -0.137. The van der Waals surface area contributed by atoms with Crippen LogP contribution in [-0.2, 0) is 16.1 Å². The highest BCUT2D eigenvalue weighted by molar-refractivity contribution is 7.81. The van der Waals surface area contributed by atoms with Gasteiger partial charge in [0.15, 0.2) is 0 Å². The second-order valence-corrected chi connectivity index (χ2v) is 7.99. The van der Waals surface area contributed by atoms with E-state index in [1.807, 2.05) is 0 Å². The van der Waals surface area contributed by atoms with E-state index in [0.29, 0.717) is 0 Å². The van der Waals surface area contributed by atoms with Gasteiger partial charge in [0.2, 0.25) is 0 Å². The van der Waals surface area contributed by atoms with Crippen LogP contribution in [0.4, 0.5) is 0 Å². The van der Waals surface area contributed by atoms with Crippen molar-refractivity contribution in [1.82, 2.24) is 9.80 Å². The average Bonchev–Trinajstić information content (AvgIpc) is 2.48. The summed E-state index contributed by atoms with van der Waals surface area (Å²) in [6, 6.07) is 8.69. The fourth-order valence-corrected chi connectivity index (χ4v) is 3.07. The van der Waals surface area contributed by atoms with Gasteiger partial charge in [-0.1, -0.05) is 24.3 Å². The summed E-state index contributed by atoms with van der Waals surface area (Å²) in [7, 11) is 0. The molecule has 0 unspecified atom stereocenters. The molecule has 0 atom stereocenters. The maximum atomic E-state index is 10.6. The molecule has 0 amide bonds. The van der Waals surface area contributed by atoms with Crippen molar-refractivity contribution in [2.45, 2.75) is 38.0 Å². The normalized spacial score (nSPS) is 17.3. The summed E-state index contributed by atoms with van der Waals surface area (Å²) < 4.78 is -0.112. The SMILES string of the molecule is CC(C)(S)c1cccc(CN2CCN(CCCC(=O)O)CC2)c1. The first-order chi connectivity index (χ1) is 10.8. The van der Waals surface area contributed by atoms with E-state index >= 15 is 0 Å². The van der Waals surface area contributed by atoms with Crippen molar-refractivity contribution in [2.75, 3.05) is 32.7 Å². The fraction of sp³-hybridized carbons (Fsp3) is 0.611. The Hall–Kier alpha value is -1.04. The molecule has 0 spiro atoms. The quantitative estimate of drug-likeness (QED) is 0.752. The van der Waals surface area contributed by atoms with Gasteiger partial charge in [-0.25, -0.2) is 0 Å². The van der Waals surface area contributed by atoms with E-state index in [-0.39, 0.29) is 11.2 Å². The summed E-state index contributed by atoms with van der Waals surface area (Å²) in [4.78, 5) is 15.4. The minimum atomic E-state index is -0.698. The van der Waals surface area contributed by atoms with Crippen LogP contribution in [0.5, 0.6) is 0 Å². The Morgan fingerprint density at radius 1 is 1.22 bits per heavy atom. The summed E-state index contributed by atoms with van der Waals surface area (Å²) in [5.74, 6) is -0.698. The standard InChI is InChI=1S/C18H28N2O2S/c1-18(2,23)16-6-3-5-15(13-16)14-20-11-9-19(10-12-20)8-4-7-17(21)22/h3,5-6,13,23H,4,7-12,14H2,1-2H3,(H,21,22). The Morgan fingerprint density at radius 2 is 1.87 bits per heavy atom. The molecule has 0 aromatic heterocycles. The number of hydrogen-bond acceptors (Lipinski definition) is 4. The first-order valence-corrected chi connectivity index (χ1v) is 8.77. The Balaban J connectivity index is 1.79. The molecule has 1 fully saturated rings. The zero-order valence-corrected chi connectivity index (χ0v) is 15.1. The highest BCUT2D eigenvalue weighted by atomic mass is 32.1. The number of benzene rings is 1. The van der Waals surface area contributed by atoms with E-state index < -0.39 is 5.97 Å². The topological polar surface area (TPSA) is 43.8 Å². The lowest BCUT2D eigenvalue weighted by Crippen LogP contribution is -2.46. The molecule has 2 rings (SSSR count). The van der Waals surface area contributed by atoms with Gasteiger partial charge in [-0.2, -0.15) is 12.6 Å². The molecule has 5 heteroatoms. The van der Waals surface area contributed by atoms with Gasteiger partial charge in [-0.05, 0) is 37.9 Å². The van der Waals surface area contributed by atoms with Crippen molar-refractivity contribution in [1.29, 1.82) is 0 Å². The molecule has 1 heterocycles. The van der Waals surface area contributed by atoms with Crippen LogP contribution in [0.15, 0.2) is 24.3 Å². The van der Waals surface area contributed by atoms with Gasteiger partial charge in [0.1, 0.15) is 0 Å². The first-order valence-electron chi connectivity index (χ1n) is 8.33. The van der Waals surface area contributed by atoms with Gasteiger partial charge in [0.05, 0.1) is 0 Å². The number of aliphatic carboxylic acids is 1. The van der Waals surface area contributed by atoms with Crippen molar-refractivity contribution < 1.29 is 9.90 Å². The maximum Gasteiger partial charge on any atom is 0.303 e. The third-order valence-electron chi connectivity index (χ3n) is 4.37. The zero-order chi connectivity index (χ0) is 16.9. The monoisotopic (exact) mass is 336 g/mol. The van der Waals surface area contributed by atoms with Crippen molar-refractivity contribution in [3.8, 4) is 0 Å². The zero-order valence-electron chi connectivity index (χ0n) is 14.2. The third-order valence-corrected chi connectivity index (χ3v) is 4.63. The second-order valence-electron chi connectivity index (χ2n) is 6.87. The molecule has 1 aromatic rings. The van der Waals surface area contributed by atoms with Crippen LogP contribution in [0.3, 0.4) is 0 Å². The van der Waals surface area contributed by atoms with Crippen molar-refractivity contribution in [2.24, 2.45) is 0 Å². The lowest BCUT2D eigenvalue weighted by Gasteiger charge is -2.34. The number of carboxylic acid groups (broad SMARTS) is 1. The molecule has 0 radical (unpaired) electrons. The van der Waals surface area contributed by atoms with E-state index in [4.69, 9.17) is 5.11 Å².